The third kappa shape index (κ3) is 3.26. The number of hydrogen-bond acceptors (Lipinski definition) is 2. The Morgan fingerprint density at radius 3 is 2.55 bits per heavy atom. The molecule has 0 N–H and O–H groups in total. The lowest BCUT2D eigenvalue weighted by atomic mass is 10.0. The van der Waals surface area contributed by atoms with E-state index in [9.17, 15) is 4.79 Å². The number of benzene rings is 1. The Labute approximate surface area is 151 Å². The summed E-state index contributed by atoms with van der Waals surface area (Å²) in [5.41, 5.74) is 1.81. The van der Waals surface area contributed by atoms with Crippen LogP contribution in [0.2, 0.25) is 5.02 Å². The van der Waals surface area contributed by atoms with Crippen LogP contribution < -0.4 is 10.2 Å². The Morgan fingerprint density at radius 2 is 1.95 bits per heavy atom. The standard InChI is InChI=1S/C16H16Br2ClNO2/c1-4-16(17,18)12-9-20(2)8-11(14(12)21)10-6-5-7-13(19)15(10)22-3/h5-9H,4H2,1-3H3. The van der Waals surface area contributed by atoms with E-state index in [2.05, 4.69) is 31.9 Å². The minimum Gasteiger partial charge on any atom is -0.495 e. The van der Waals surface area contributed by atoms with Gasteiger partial charge in [-0.3, -0.25) is 4.79 Å². The van der Waals surface area contributed by atoms with E-state index in [-0.39, 0.29) is 5.43 Å². The second kappa shape index (κ2) is 6.77. The second-order valence-corrected chi connectivity index (χ2v) is 9.14. The van der Waals surface area contributed by atoms with Crippen LogP contribution in [-0.2, 0) is 10.3 Å². The van der Waals surface area contributed by atoms with Crippen LogP contribution in [-0.4, -0.2) is 11.7 Å². The zero-order chi connectivity index (χ0) is 16.5. The Kier molecular flexibility index (Phi) is 5.41. The van der Waals surface area contributed by atoms with E-state index in [1.54, 1.807) is 19.4 Å². The highest BCUT2D eigenvalue weighted by Gasteiger charge is 2.28. The minimum atomic E-state index is -0.559. The quantitative estimate of drug-likeness (QED) is 0.611. The highest BCUT2D eigenvalue weighted by Crippen LogP contribution is 2.41. The lowest BCUT2D eigenvalue weighted by Gasteiger charge is -2.20. The summed E-state index contributed by atoms with van der Waals surface area (Å²) < 4.78 is 6.68. The molecule has 0 amide bonds. The number of methoxy groups -OCH3 is 1. The predicted molar refractivity (Wildman–Crippen MR) is 98.5 cm³/mol. The molecule has 0 saturated heterocycles. The molecule has 1 heterocycles. The van der Waals surface area contributed by atoms with Crippen molar-refractivity contribution >= 4 is 43.5 Å². The maximum atomic E-state index is 12.9. The number of pyridine rings is 1. The molecule has 1 aromatic carbocycles. The highest BCUT2D eigenvalue weighted by atomic mass is 79.9. The molecule has 3 nitrogen and oxygen atoms in total. The van der Waals surface area contributed by atoms with Gasteiger partial charge < -0.3 is 9.30 Å². The fourth-order valence-electron chi connectivity index (χ4n) is 2.28. The summed E-state index contributed by atoms with van der Waals surface area (Å²) in [5, 5.41) is 0.479. The van der Waals surface area contributed by atoms with E-state index in [0.29, 0.717) is 27.5 Å². The summed E-state index contributed by atoms with van der Waals surface area (Å²) in [4.78, 5) is 12.9. The molecule has 0 aliphatic carbocycles. The third-order valence-electron chi connectivity index (χ3n) is 3.45. The zero-order valence-corrected chi connectivity index (χ0v) is 16.4. The van der Waals surface area contributed by atoms with Crippen molar-refractivity contribution in [2.75, 3.05) is 7.11 Å². The van der Waals surface area contributed by atoms with E-state index < -0.39 is 3.23 Å². The molecule has 6 heteroatoms. The summed E-state index contributed by atoms with van der Waals surface area (Å²) in [6.45, 7) is 2.00. The van der Waals surface area contributed by atoms with E-state index >= 15 is 0 Å². The fourth-order valence-corrected chi connectivity index (χ4v) is 3.09. The average molecular weight is 450 g/mol. The number of para-hydroxylation sites is 1. The number of alkyl halides is 2. The number of hydrogen-bond donors (Lipinski definition) is 0. The van der Waals surface area contributed by atoms with Crippen molar-refractivity contribution < 1.29 is 4.74 Å². The molecule has 118 valence electrons. The Morgan fingerprint density at radius 1 is 1.27 bits per heavy atom. The third-order valence-corrected chi connectivity index (χ3v) is 5.73. The largest absolute Gasteiger partial charge is 0.495 e. The summed E-state index contributed by atoms with van der Waals surface area (Å²) in [7, 11) is 3.43. The van der Waals surface area contributed by atoms with Gasteiger partial charge in [0.15, 0.2) is 5.43 Å². The van der Waals surface area contributed by atoms with Crippen molar-refractivity contribution in [3.05, 3.63) is 51.4 Å². The van der Waals surface area contributed by atoms with Crippen molar-refractivity contribution in [1.29, 1.82) is 0 Å². The van der Waals surface area contributed by atoms with Crippen molar-refractivity contribution in [2.45, 2.75) is 16.6 Å². The van der Waals surface area contributed by atoms with E-state index in [1.165, 1.54) is 0 Å². The van der Waals surface area contributed by atoms with Gasteiger partial charge in [-0.05, 0) is 12.5 Å². The summed E-state index contributed by atoms with van der Waals surface area (Å²) >= 11 is 13.3. The minimum absolute atomic E-state index is 0.0609. The van der Waals surface area contributed by atoms with Crippen LogP contribution in [0.25, 0.3) is 11.1 Å². The van der Waals surface area contributed by atoms with Crippen molar-refractivity contribution in [3.63, 3.8) is 0 Å². The first-order valence-electron chi connectivity index (χ1n) is 6.73. The molecular weight excluding hydrogens is 433 g/mol. The molecule has 2 aromatic rings. The van der Waals surface area contributed by atoms with Gasteiger partial charge in [-0.25, -0.2) is 0 Å². The van der Waals surface area contributed by atoms with Gasteiger partial charge in [0.25, 0.3) is 0 Å². The first-order chi connectivity index (χ1) is 10.3. The van der Waals surface area contributed by atoms with Crippen molar-refractivity contribution in [1.82, 2.24) is 4.57 Å². The van der Waals surface area contributed by atoms with Crippen LogP contribution in [0.5, 0.6) is 5.75 Å². The normalized spacial score (nSPS) is 11.5. The van der Waals surface area contributed by atoms with Crippen LogP contribution in [0.1, 0.15) is 18.9 Å². The first kappa shape index (κ1) is 17.6. The van der Waals surface area contributed by atoms with Gasteiger partial charge in [-0.1, -0.05) is 62.5 Å². The fraction of sp³-hybridized carbons (Fsp3) is 0.312. The van der Waals surface area contributed by atoms with Gasteiger partial charge >= 0.3 is 0 Å². The molecule has 0 bridgehead atoms. The van der Waals surface area contributed by atoms with E-state index in [0.717, 1.165) is 6.42 Å². The number of aromatic nitrogens is 1. The number of nitrogens with zero attached hydrogens (tertiary/aromatic N) is 1. The van der Waals surface area contributed by atoms with Gasteiger partial charge in [0.2, 0.25) is 0 Å². The van der Waals surface area contributed by atoms with Crippen molar-refractivity contribution in [3.8, 4) is 16.9 Å². The highest BCUT2D eigenvalue weighted by molar-refractivity contribution is 9.24. The van der Waals surface area contributed by atoms with E-state index in [1.807, 2.05) is 36.9 Å². The molecule has 0 atom stereocenters. The number of aryl methyl sites for hydroxylation is 1. The predicted octanol–water partition coefficient (Wildman–Crippen LogP) is 5.07. The maximum absolute atomic E-state index is 12.9. The molecule has 22 heavy (non-hydrogen) atoms. The van der Waals surface area contributed by atoms with Crippen LogP contribution in [0.4, 0.5) is 0 Å². The smallest absolute Gasteiger partial charge is 0.194 e. The topological polar surface area (TPSA) is 31.2 Å². The Bertz CT molecular complexity index is 756. The second-order valence-electron chi connectivity index (χ2n) is 4.96. The van der Waals surface area contributed by atoms with E-state index in [4.69, 9.17) is 16.3 Å². The zero-order valence-electron chi connectivity index (χ0n) is 12.5. The lowest BCUT2D eigenvalue weighted by molar-refractivity contribution is 0.416. The lowest BCUT2D eigenvalue weighted by Crippen LogP contribution is -2.23. The van der Waals surface area contributed by atoms with Crippen LogP contribution in [0.3, 0.4) is 0 Å². The average Bonchev–Trinajstić information content (AvgIpc) is 2.48. The Hall–Kier alpha value is -0.780. The first-order valence-corrected chi connectivity index (χ1v) is 8.69. The molecule has 0 fully saturated rings. The Balaban J connectivity index is 2.79. The summed E-state index contributed by atoms with van der Waals surface area (Å²) in [5.74, 6) is 0.504. The van der Waals surface area contributed by atoms with Gasteiger partial charge in [-0.15, -0.1) is 0 Å². The van der Waals surface area contributed by atoms with Crippen LogP contribution >= 0.6 is 43.5 Å². The molecule has 0 unspecified atom stereocenters. The molecule has 0 saturated carbocycles. The van der Waals surface area contributed by atoms with Crippen molar-refractivity contribution in [2.24, 2.45) is 7.05 Å². The number of ether oxygens (including phenoxy) is 1. The van der Waals surface area contributed by atoms with Gasteiger partial charge in [-0.2, -0.15) is 0 Å². The molecule has 2 rings (SSSR count). The van der Waals surface area contributed by atoms with Crippen LogP contribution in [0, 0.1) is 0 Å². The SMILES string of the molecule is CCC(Br)(Br)c1cn(C)cc(-c2cccc(Cl)c2OC)c1=O. The number of halogens is 3. The molecule has 0 aliphatic heterocycles. The molecule has 0 aliphatic rings. The van der Waals surface area contributed by atoms with Gasteiger partial charge in [0, 0.05) is 36.1 Å². The molecular formula is C16H16Br2ClNO2. The van der Waals surface area contributed by atoms with Crippen LogP contribution in [0.15, 0.2) is 35.4 Å². The molecule has 0 spiro atoms. The summed E-state index contributed by atoms with van der Waals surface area (Å²) in [6.07, 6.45) is 4.32. The number of rotatable bonds is 4. The summed E-state index contributed by atoms with van der Waals surface area (Å²) in [6, 6.07) is 5.38. The van der Waals surface area contributed by atoms with Gasteiger partial charge in [0.05, 0.1) is 12.1 Å². The maximum Gasteiger partial charge on any atom is 0.194 e. The monoisotopic (exact) mass is 447 g/mol. The molecule has 1 aromatic heterocycles. The molecule has 0 radical (unpaired) electrons. The van der Waals surface area contributed by atoms with Gasteiger partial charge in [0.1, 0.15) is 8.98 Å².